The Labute approximate surface area is 320 Å². The first-order valence-corrected chi connectivity index (χ1v) is 19.9. The predicted octanol–water partition coefficient (Wildman–Crippen LogP) is 6.11. The Kier molecular flexibility index (Phi) is 10.0. The lowest BCUT2D eigenvalue weighted by Crippen LogP contribution is -2.42. The van der Waals surface area contributed by atoms with E-state index in [-0.39, 0.29) is 17.7 Å². The summed E-state index contributed by atoms with van der Waals surface area (Å²) in [5, 5.41) is 11.2. The average Bonchev–Trinajstić information content (AvgIpc) is 3.58. The molecule has 5 heterocycles. The molecule has 11 nitrogen and oxygen atoms in total. The molecule has 3 aromatic heterocycles. The number of hydrogen-bond donors (Lipinski definition) is 3. The van der Waals surface area contributed by atoms with Crippen molar-refractivity contribution in [1.82, 2.24) is 30.4 Å². The first-order chi connectivity index (χ1) is 26.5. The van der Waals surface area contributed by atoms with Crippen LogP contribution in [0.3, 0.4) is 0 Å². The Morgan fingerprint density at radius 3 is 2.55 bits per heavy atom. The van der Waals surface area contributed by atoms with Crippen molar-refractivity contribution in [2.45, 2.75) is 76.6 Å². The summed E-state index contributed by atoms with van der Waals surface area (Å²) in [6.45, 7) is 6.67. The molecule has 2 saturated heterocycles. The second-order valence-corrected chi connectivity index (χ2v) is 16.7. The molecule has 2 aliphatic carbocycles. The second-order valence-electron chi connectivity index (χ2n) is 16.7. The molecule has 2 amide bonds. The molecule has 1 saturated carbocycles. The summed E-state index contributed by atoms with van der Waals surface area (Å²) < 4.78 is 29.0. The van der Waals surface area contributed by atoms with Crippen LogP contribution in [0.4, 0.5) is 20.3 Å². The Morgan fingerprint density at radius 1 is 1.07 bits per heavy atom. The number of benzene rings is 1. The van der Waals surface area contributed by atoms with Crippen LogP contribution in [0.15, 0.2) is 42.6 Å². The zero-order chi connectivity index (χ0) is 38.5. The van der Waals surface area contributed by atoms with Gasteiger partial charge in [0.25, 0.3) is 5.92 Å². The Bertz CT molecular complexity index is 2050. The molecule has 2 aliphatic heterocycles. The Hall–Kier alpha value is -4.65. The maximum atomic E-state index is 14.5. The molecule has 3 unspecified atom stereocenters. The standard InChI is InChI=1S/C42H52F2N8O3/c1-41-22-35-32(21-36(41)42(41,43)44)40(49-48-35)34-19-28-4-7-31(20-33(28)47-34)50(3)39(55)18-26-10-14-51(15-11-26)24-27-12-16-52(17-13-27)37-8-5-29(23-46-37)30(25-53)6-9-38(54)45-2/h4-5,7-8,19-20,23,25-27,30,36,47H,6,9-18,21-22,24H2,1-3H3,(H,45,54)(H,48,49). The van der Waals surface area contributed by atoms with Crippen molar-refractivity contribution in [1.29, 1.82) is 0 Å². The normalized spacial score (nSPS) is 23.2. The van der Waals surface area contributed by atoms with E-state index in [0.717, 1.165) is 110 Å². The van der Waals surface area contributed by atoms with E-state index in [1.54, 1.807) is 25.1 Å². The van der Waals surface area contributed by atoms with Crippen molar-refractivity contribution in [2.75, 3.05) is 56.6 Å². The number of fused-ring (bicyclic) bond motifs is 3. The lowest BCUT2D eigenvalue weighted by molar-refractivity contribution is -0.121. The fraction of sp³-hybridized carbons (Fsp3) is 0.548. The minimum absolute atomic E-state index is 0.0706. The van der Waals surface area contributed by atoms with E-state index >= 15 is 0 Å². The van der Waals surface area contributed by atoms with E-state index in [4.69, 9.17) is 0 Å². The smallest absolute Gasteiger partial charge is 0.258 e. The predicted molar refractivity (Wildman–Crippen MR) is 208 cm³/mol. The fourth-order valence-electron chi connectivity index (χ4n) is 9.42. The van der Waals surface area contributed by atoms with Crippen LogP contribution in [0.1, 0.15) is 74.6 Å². The average molecular weight is 755 g/mol. The van der Waals surface area contributed by atoms with E-state index < -0.39 is 17.3 Å². The van der Waals surface area contributed by atoms with Gasteiger partial charge in [0.15, 0.2) is 0 Å². The number of H-pyrrole nitrogens is 2. The summed E-state index contributed by atoms with van der Waals surface area (Å²) in [4.78, 5) is 51.5. The first kappa shape index (κ1) is 37.3. The number of hydrogen-bond acceptors (Lipinski definition) is 7. The number of anilines is 2. The number of aromatic nitrogens is 4. The Balaban J connectivity index is 0.786. The second kappa shape index (κ2) is 14.8. The maximum absolute atomic E-state index is 14.5. The van der Waals surface area contributed by atoms with Gasteiger partial charge in [-0.3, -0.25) is 14.7 Å². The van der Waals surface area contributed by atoms with E-state index in [2.05, 4.69) is 35.3 Å². The number of amides is 2. The number of carbonyl (C=O) groups excluding carboxylic acids is 3. The summed E-state index contributed by atoms with van der Waals surface area (Å²) in [5.74, 6) is -1.64. The number of piperidine rings is 2. The van der Waals surface area contributed by atoms with Crippen LogP contribution < -0.4 is 15.1 Å². The van der Waals surface area contributed by atoms with Crippen LogP contribution in [-0.4, -0.2) is 95.9 Å². The summed E-state index contributed by atoms with van der Waals surface area (Å²) >= 11 is 0. The van der Waals surface area contributed by atoms with Crippen LogP contribution in [0.25, 0.3) is 22.3 Å². The van der Waals surface area contributed by atoms with Crippen LogP contribution in [0, 0.1) is 23.2 Å². The quantitative estimate of drug-likeness (QED) is 0.149. The summed E-state index contributed by atoms with van der Waals surface area (Å²) in [5.41, 5.74) is 4.78. The monoisotopic (exact) mass is 754 g/mol. The van der Waals surface area contributed by atoms with Gasteiger partial charge in [-0.25, -0.2) is 13.8 Å². The number of aldehydes is 1. The molecule has 4 aliphatic rings. The summed E-state index contributed by atoms with van der Waals surface area (Å²) in [6, 6.07) is 11.9. The van der Waals surface area contributed by atoms with Crippen molar-refractivity contribution >= 4 is 40.5 Å². The molecule has 292 valence electrons. The van der Waals surface area contributed by atoms with Crippen LogP contribution >= 0.6 is 0 Å². The Morgan fingerprint density at radius 2 is 1.84 bits per heavy atom. The van der Waals surface area contributed by atoms with E-state index in [1.165, 1.54) is 0 Å². The van der Waals surface area contributed by atoms with Crippen molar-refractivity contribution in [2.24, 2.45) is 23.2 Å². The highest BCUT2D eigenvalue weighted by molar-refractivity contribution is 5.96. The first-order valence-electron chi connectivity index (χ1n) is 19.9. The van der Waals surface area contributed by atoms with E-state index in [0.29, 0.717) is 49.6 Å². The fourth-order valence-corrected chi connectivity index (χ4v) is 9.42. The molecule has 3 fully saturated rings. The van der Waals surface area contributed by atoms with Gasteiger partial charge < -0.3 is 29.8 Å². The van der Waals surface area contributed by atoms with Gasteiger partial charge >= 0.3 is 0 Å². The number of halogens is 2. The number of nitrogens with one attached hydrogen (secondary N) is 3. The van der Waals surface area contributed by atoms with Crippen molar-refractivity contribution in [3.05, 3.63) is 59.4 Å². The van der Waals surface area contributed by atoms with Crippen molar-refractivity contribution in [3.63, 3.8) is 0 Å². The lowest BCUT2D eigenvalue weighted by atomic mass is 9.87. The molecule has 3 atom stereocenters. The van der Waals surface area contributed by atoms with Gasteiger partial charge in [-0.05, 0) is 93.3 Å². The van der Waals surface area contributed by atoms with Crippen molar-refractivity contribution < 1.29 is 23.2 Å². The van der Waals surface area contributed by atoms with Gasteiger partial charge in [0, 0.05) is 104 Å². The van der Waals surface area contributed by atoms with Crippen LogP contribution in [0.2, 0.25) is 0 Å². The van der Waals surface area contributed by atoms with Gasteiger partial charge in [0.2, 0.25) is 11.8 Å². The number of pyridine rings is 1. The minimum Gasteiger partial charge on any atom is -0.359 e. The molecule has 13 heteroatoms. The minimum atomic E-state index is -2.63. The number of alkyl halides is 2. The molecule has 0 bridgehead atoms. The molecule has 55 heavy (non-hydrogen) atoms. The van der Waals surface area contributed by atoms with E-state index in [1.807, 2.05) is 43.4 Å². The molecule has 0 spiro atoms. The number of likely N-dealkylation sites (tertiary alicyclic amines) is 1. The third-order valence-corrected chi connectivity index (χ3v) is 13.4. The van der Waals surface area contributed by atoms with E-state index in [9.17, 15) is 23.2 Å². The lowest BCUT2D eigenvalue weighted by Gasteiger charge is -2.38. The molecular weight excluding hydrogens is 703 g/mol. The van der Waals surface area contributed by atoms with Gasteiger partial charge in [-0.2, -0.15) is 5.10 Å². The van der Waals surface area contributed by atoms with Gasteiger partial charge in [0.05, 0.1) is 5.69 Å². The number of rotatable bonds is 12. The highest BCUT2D eigenvalue weighted by atomic mass is 19.3. The molecule has 0 radical (unpaired) electrons. The third-order valence-electron chi connectivity index (χ3n) is 13.4. The molecule has 1 aromatic carbocycles. The molecule has 3 N–H and O–H groups in total. The SMILES string of the molecule is CNC(=O)CCC(C=O)c1ccc(N2CCC(CN3CCC(CC(=O)N(C)c4ccc5cc(-c6n[nH]c7c6CC6C(F)(F)C6(C)C7)[nH]c5c4)CC3)CC2)nc1. The van der Waals surface area contributed by atoms with Crippen LogP contribution in [-0.2, 0) is 27.2 Å². The summed E-state index contributed by atoms with van der Waals surface area (Å²) in [7, 11) is 3.44. The van der Waals surface area contributed by atoms with Crippen molar-refractivity contribution in [3.8, 4) is 11.4 Å². The molecule has 8 rings (SSSR count). The third kappa shape index (κ3) is 7.16. The zero-order valence-electron chi connectivity index (χ0n) is 32.0. The number of nitrogens with zero attached hydrogens (tertiary/aromatic N) is 5. The summed E-state index contributed by atoms with van der Waals surface area (Å²) in [6.07, 6.45) is 8.85. The highest BCUT2D eigenvalue weighted by Gasteiger charge is 2.78. The topological polar surface area (TPSA) is 130 Å². The largest absolute Gasteiger partial charge is 0.359 e. The van der Waals surface area contributed by atoms with Crippen LogP contribution in [0.5, 0.6) is 0 Å². The number of carbonyl (C=O) groups is 3. The number of aromatic amines is 2. The van der Waals surface area contributed by atoms with Gasteiger partial charge in [0.1, 0.15) is 17.8 Å². The van der Waals surface area contributed by atoms with Gasteiger partial charge in [-0.15, -0.1) is 0 Å². The molecule has 4 aromatic rings. The maximum Gasteiger partial charge on any atom is 0.258 e. The molecular formula is C42H52F2N8O3. The van der Waals surface area contributed by atoms with Gasteiger partial charge in [-0.1, -0.05) is 19.1 Å². The zero-order valence-corrected chi connectivity index (χ0v) is 32.0. The highest BCUT2D eigenvalue weighted by Crippen LogP contribution is 2.70.